The van der Waals surface area contributed by atoms with Gasteiger partial charge in [0.15, 0.2) is 5.82 Å². The second kappa shape index (κ2) is 6.27. The van der Waals surface area contributed by atoms with Crippen LogP contribution >= 0.6 is 0 Å². The summed E-state index contributed by atoms with van der Waals surface area (Å²) >= 11 is 0. The molecule has 0 aliphatic rings. The smallest absolute Gasteiger partial charge is 0.251 e. The molecule has 0 fully saturated rings. The fourth-order valence-electron chi connectivity index (χ4n) is 1.82. The molecule has 0 aliphatic heterocycles. The number of nitrogens with zero attached hydrogens (tertiary/aromatic N) is 4. The Hall–Kier alpha value is -2.24. The first-order chi connectivity index (χ1) is 9.61. The van der Waals surface area contributed by atoms with Gasteiger partial charge in [0, 0.05) is 24.2 Å². The first kappa shape index (κ1) is 14.2. The zero-order valence-electron chi connectivity index (χ0n) is 12.0. The fraction of sp³-hybridized carbons (Fsp3) is 0.429. The molecule has 6 nitrogen and oxygen atoms in total. The number of hydrogen-bond acceptors (Lipinski definition) is 4. The molecule has 0 radical (unpaired) electrons. The molecule has 0 atom stereocenters. The number of carbonyl (C=O) groups excluding carboxylic acids is 1. The summed E-state index contributed by atoms with van der Waals surface area (Å²) in [6.07, 6.45) is 0. The quantitative estimate of drug-likeness (QED) is 0.900. The number of rotatable bonds is 5. The monoisotopic (exact) mass is 273 g/mol. The molecule has 0 saturated carbocycles. The minimum absolute atomic E-state index is 0.0731. The Morgan fingerprint density at radius 1 is 1.40 bits per heavy atom. The molecular formula is C14H19N5O. The summed E-state index contributed by atoms with van der Waals surface area (Å²) in [5, 5.41) is 14.5. The molecule has 1 aromatic heterocycles. The van der Waals surface area contributed by atoms with E-state index in [-0.39, 0.29) is 5.91 Å². The van der Waals surface area contributed by atoms with Crippen molar-refractivity contribution in [3.8, 4) is 11.4 Å². The molecule has 106 valence electrons. The molecule has 20 heavy (non-hydrogen) atoms. The van der Waals surface area contributed by atoms with Crippen LogP contribution in [0.4, 0.5) is 0 Å². The van der Waals surface area contributed by atoms with Gasteiger partial charge in [0.05, 0.1) is 0 Å². The lowest BCUT2D eigenvalue weighted by Gasteiger charge is -2.08. The van der Waals surface area contributed by atoms with E-state index >= 15 is 0 Å². The van der Waals surface area contributed by atoms with Gasteiger partial charge >= 0.3 is 0 Å². The molecule has 0 bridgehead atoms. The van der Waals surface area contributed by atoms with Gasteiger partial charge in [-0.05, 0) is 35.4 Å². The molecule has 1 heterocycles. The van der Waals surface area contributed by atoms with Crippen molar-refractivity contribution < 1.29 is 4.79 Å². The largest absolute Gasteiger partial charge is 0.352 e. The van der Waals surface area contributed by atoms with Crippen LogP contribution in [0.5, 0.6) is 0 Å². The van der Waals surface area contributed by atoms with Gasteiger partial charge in [0.1, 0.15) is 0 Å². The number of nitrogens with one attached hydrogen (secondary N) is 1. The van der Waals surface area contributed by atoms with Gasteiger partial charge in [0.2, 0.25) is 0 Å². The average molecular weight is 273 g/mol. The average Bonchev–Trinajstić information content (AvgIpc) is 2.93. The highest BCUT2D eigenvalue weighted by Gasteiger charge is 2.11. The van der Waals surface area contributed by atoms with E-state index in [1.807, 2.05) is 25.1 Å². The van der Waals surface area contributed by atoms with Crippen molar-refractivity contribution in [1.29, 1.82) is 0 Å². The molecule has 0 spiro atoms. The summed E-state index contributed by atoms with van der Waals surface area (Å²) < 4.78 is 1.70. The van der Waals surface area contributed by atoms with Crippen LogP contribution in [0.25, 0.3) is 11.4 Å². The minimum Gasteiger partial charge on any atom is -0.352 e. The van der Waals surface area contributed by atoms with E-state index in [1.165, 1.54) is 0 Å². The maximum absolute atomic E-state index is 12.1. The Labute approximate surface area is 118 Å². The van der Waals surface area contributed by atoms with E-state index in [4.69, 9.17) is 0 Å². The van der Waals surface area contributed by atoms with Crippen LogP contribution in [0.3, 0.4) is 0 Å². The second-order valence-electron chi connectivity index (χ2n) is 5.00. The fourth-order valence-corrected chi connectivity index (χ4v) is 1.82. The summed E-state index contributed by atoms with van der Waals surface area (Å²) in [7, 11) is 0. The lowest BCUT2D eigenvalue weighted by atomic mass is 10.1. The Morgan fingerprint density at radius 3 is 2.90 bits per heavy atom. The zero-order chi connectivity index (χ0) is 14.5. The van der Waals surface area contributed by atoms with Crippen LogP contribution in [0.2, 0.25) is 0 Å². The predicted octanol–water partition coefficient (Wildman–Crippen LogP) is 1.75. The maximum atomic E-state index is 12.1. The Balaban J connectivity index is 2.22. The summed E-state index contributed by atoms with van der Waals surface area (Å²) in [6, 6.07) is 7.35. The molecule has 0 aliphatic carbocycles. The molecule has 1 N–H and O–H groups in total. The van der Waals surface area contributed by atoms with Crippen LogP contribution < -0.4 is 5.32 Å². The van der Waals surface area contributed by atoms with Crippen LogP contribution in [0.1, 0.15) is 31.1 Å². The first-order valence-corrected chi connectivity index (χ1v) is 6.76. The zero-order valence-corrected chi connectivity index (χ0v) is 12.0. The third kappa shape index (κ3) is 3.20. The number of amides is 1. The Morgan fingerprint density at radius 2 is 2.20 bits per heavy atom. The number of aryl methyl sites for hydroxylation is 1. The number of tetrazole rings is 1. The lowest BCUT2D eigenvalue weighted by Crippen LogP contribution is -2.27. The third-order valence-electron chi connectivity index (χ3n) is 2.89. The van der Waals surface area contributed by atoms with E-state index in [9.17, 15) is 4.79 Å². The third-order valence-corrected chi connectivity index (χ3v) is 2.89. The number of hydrogen-bond donors (Lipinski definition) is 1. The highest BCUT2D eigenvalue weighted by Crippen LogP contribution is 2.17. The summed E-state index contributed by atoms with van der Waals surface area (Å²) in [6.45, 7) is 7.44. The van der Waals surface area contributed by atoms with Crippen molar-refractivity contribution in [2.75, 3.05) is 6.54 Å². The molecule has 2 rings (SSSR count). The molecule has 1 amide bonds. The minimum atomic E-state index is -0.0731. The Bertz CT molecular complexity index is 591. The van der Waals surface area contributed by atoms with Crippen LogP contribution in [-0.4, -0.2) is 32.7 Å². The van der Waals surface area contributed by atoms with Crippen LogP contribution in [0.15, 0.2) is 24.3 Å². The summed E-state index contributed by atoms with van der Waals surface area (Å²) in [4.78, 5) is 12.1. The van der Waals surface area contributed by atoms with E-state index in [0.29, 0.717) is 30.4 Å². The number of benzene rings is 1. The lowest BCUT2D eigenvalue weighted by molar-refractivity contribution is 0.0949. The molecule has 6 heteroatoms. The van der Waals surface area contributed by atoms with Gasteiger partial charge < -0.3 is 5.32 Å². The summed E-state index contributed by atoms with van der Waals surface area (Å²) in [5.74, 6) is 1.02. The number of aromatic nitrogens is 4. The number of carbonyl (C=O) groups is 1. The van der Waals surface area contributed by atoms with E-state index < -0.39 is 0 Å². The second-order valence-corrected chi connectivity index (χ2v) is 5.00. The normalized spacial score (nSPS) is 10.8. The van der Waals surface area contributed by atoms with Crippen molar-refractivity contribution in [1.82, 2.24) is 25.5 Å². The standard InChI is InChI=1S/C14H19N5O/c1-4-19-13(16-17-18-19)11-6-5-7-12(8-11)14(20)15-9-10(2)3/h5-8,10H,4,9H2,1-3H3,(H,15,20). The van der Waals surface area contributed by atoms with E-state index in [1.54, 1.807) is 10.7 Å². The van der Waals surface area contributed by atoms with E-state index in [2.05, 4.69) is 34.7 Å². The van der Waals surface area contributed by atoms with Gasteiger partial charge in [-0.2, -0.15) is 0 Å². The van der Waals surface area contributed by atoms with Gasteiger partial charge in [-0.25, -0.2) is 4.68 Å². The first-order valence-electron chi connectivity index (χ1n) is 6.76. The Kier molecular flexibility index (Phi) is 4.45. The van der Waals surface area contributed by atoms with Crippen molar-refractivity contribution in [2.24, 2.45) is 5.92 Å². The van der Waals surface area contributed by atoms with Crippen molar-refractivity contribution in [3.63, 3.8) is 0 Å². The maximum Gasteiger partial charge on any atom is 0.251 e. The van der Waals surface area contributed by atoms with Crippen molar-refractivity contribution in [2.45, 2.75) is 27.3 Å². The SMILES string of the molecule is CCn1nnnc1-c1cccc(C(=O)NCC(C)C)c1. The highest BCUT2D eigenvalue weighted by atomic mass is 16.1. The van der Waals surface area contributed by atoms with Gasteiger partial charge in [0.25, 0.3) is 5.91 Å². The highest BCUT2D eigenvalue weighted by molar-refractivity contribution is 5.95. The molecule has 0 unspecified atom stereocenters. The predicted molar refractivity (Wildman–Crippen MR) is 76.1 cm³/mol. The summed E-state index contributed by atoms with van der Waals surface area (Å²) in [5.41, 5.74) is 1.46. The van der Waals surface area contributed by atoms with Crippen molar-refractivity contribution >= 4 is 5.91 Å². The van der Waals surface area contributed by atoms with Crippen LogP contribution in [-0.2, 0) is 6.54 Å². The molecular weight excluding hydrogens is 254 g/mol. The molecule has 2 aromatic rings. The van der Waals surface area contributed by atoms with Gasteiger partial charge in [-0.3, -0.25) is 4.79 Å². The van der Waals surface area contributed by atoms with Gasteiger partial charge in [-0.15, -0.1) is 5.10 Å². The van der Waals surface area contributed by atoms with E-state index in [0.717, 1.165) is 5.56 Å². The van der Waals surface area contributed by atoms with Crippen LogP contribution in [0, 0.1) is 5.92 Å². The topological polar surface area (TPSA) is 72.7 Å². The molecule has 0 saturated heterocycles. The molecule has 1 aromatic carbocycles. The van der Waals surface area contributed by atoms with Gasteiger partial charge in [-0.1, -0.05) is 26.0 Å². The van der Waals surface area contributed by atoms with Crippen molar-refractivity contribution in [3.05, 3.63) is 29.8 Å².